The predicted molar refractivity (Wildman–Crippen MR) is 92.3 cm³/mol. The number of nitrogens with zero attached hydrogens (tertiary/aromatic N) is 2. The summed E-state index contributed by atoms with van der Waals surface area (Å²) in [7, 11) is -3.60. The molecule has 0 bridgehead atoms. The van der Waals surface area contributed by atoms with Crippen molar-refractivity contribution in [1.29, 1.82) is 0 Å². The Bertz CT molecular complexity index is 771. The maximum absolute atomic E-state index is 12.7. The van der Waals surface area contributed by atoms with E-state index >= 15 is 0 Å². The lowest BCUT2D eigenvalue weighted by molar-refractivity contribution is -0.137. The number of hydrogen-bond donors (Lipinski definition) is 1. The molecule has 1 aromatic rings. The third kappa shape index (κ3) is 3.89. The van der Waals surface area contributed by atoms with Gasteiger partial charge in [0.25, 0.3) is 5.91 Å². The van der Waals surface area contributed by atoms with E-state index in [1.54, 1.807) is 4.90 Å². The second-order valence-corrected chi connectivity index (χ2v) is 8.37. The Morgan fingerprint density at radius 1 is 1.12 bits per heavy atom. The second kappa shape index (κ2) is 7.73. The van der Waals surface area contributed by atoms with E-state index in [-0.39, 0.29) is 23.3 Å². The quantitative estimate of drug-likeness (QED) is 0.807. The smallest absolute Gasteiger partial charge is 0.305 e. The zero-order chi connectivity index (χ0) is 18.7. The van der Waals surface area contributed by atoms with Crippen LogP contribution in [0, 0.1) is 0 Å². The molecule has 3 rings (SSSR count). The normalized spacial score (nSPS) is 21.7. The zero-order valence-corrected chi connectivity index (χ0v) is 15.2. The maximum Gasteiger partial charge on any atom is 0.305 e. The summed E-state index contributed by atoms with van der Waals surface area (Å²) in [5, 5.41) is 8.98. The van der Waals surface area contributed by atoms with Gasteiger partial charge < -0.3 is 14.7 Å². The molecule has 0 aliphatic carbocycles. The molecule has 1 aromatic carbocycles. The molecule has 1 unspecified atom stereocenters. The first-order chi connectivity index (χ1) is 12.4. The Morgan fingerprint density at radius 2 is 1.77 bits per heavy atom. The average molecular weight is 382 g/mol. The summed E-state index contributed by atoms with van der Waals surface area (Å²) in [5.74, 6) is -1.19. The zero-order valence-electron chi connectivity index (χ0n) is 14.3. The fraction of sp³-hybridized carbons (Fsp3) is 0.529. The van der Waals surface area contributed by atoms with E-state index < -0.39 is 16.0 Å². The van der Waals surface area contributed by atoms with Gasteiger partial charge in [0.15, 0.2) is 0 Å². The molecule has 9 heteroatoms. The van der Waals surface area contributed by atoms with Gasteiger partial charge in [-0.05, 0) is 37.1 Å². The first-order valence-electron chi connectivity index (χ1n) is 8.60. The van der Waals surface area contributed by atoms with Crippen molar-refractivity contribution in [1.82, 2.24) is 9.21 Å². The fourth-order valence-electron chi connectivity index (χ4n) is 3.39. The van der Waals surface area contributed by atoms with Gasteiger partial charge >= 0.3 is 5.97 Å². The molecule has 2 saturated heterocycles. The molecular weight excluding hydrogens is 360 g/mol. The summed E-state index contributed by atoms with van der Waals surface area (Å²) < 4.78 is 31.8. The molecule has 1 N–H and O–H groups in total. The van der Waals surface area contributed by atoms with Gasteiger partial charge in [0.05, 0.1) is 24.5 Å². The van der Waals surface area contributed by atoms with Crippen molar-refractivity contribution < 1.29 is 27.9 Å². The number of aliphatic carboxylic acids is 1. The number of ether oxygens (including phenoxy) is 1. The van der Waals surface area contributed by atoms with Crippen LogP contribution in [-0.2, 0) is 19.6 Å². The van der Waals surface area contributed by atoms with E-state index in [1.807, 2.05) is 0 Å². The van der Waals surface area contributed by atoms with E-state index in [0.717, 1.165) is 6.42 Å². The minimum absolute atomic E-state index is 0.0742. The van der Waals surface area contributed by atoms with Gasteiger partial charge in [-0.3, -0.25) is 9.59 Å². The molecule has 1 atom stereocenters. The van der Waals surface area contributed by atoms with Crippen LogP contribution in [-0.4, -0.2) is 73.5 Å². The molecule has 0 radical (unpaired) electrons. The number of benzene rings is 1. The fourth-order valence-corrected chi connectivity index (χ4v) is 4.80. The molecule has 1 amide bonds. The molecule has 2 aliphatic heterocycles. The first-order valence-corrected chi connectivity index (χ1v) is 10.0. The summed E-state index contributed by atoms with van der Waals surface area (Å²) in [6.07, 6.45) is 1.37. The van der Waals surface area contributed by atoms with Crippen LogP contribution in [0.3, 0.4) is 0 Å². The van der Waals surface area contributed by atoms with Gasteiger partial charge in [-0.2, -0.15) is 4.31 Å². The minimum atomic E-state index is -3.60. The Labute approximate surface area is 152 Å². The number of carboxylic acid groups (broad SMARTS) is 1. The van der Waals surface area contributed by atoms with Crippen LogP contribution >= 0.6 is 0 Å². The summed E-state index contributed by atoms with van der Waals surface area (Å²) >= 11 is 0. The number of carbonyl (C=O) groups excluding carboxylic acids is 1. The number of morpholine rings is 1. The van der Waals surface area contributed by atoms with Crippen LogP contribution in [0.2, 0.25) is 0 Å². The van der Waals surface area contributed by atoms with Gasteiger partial charge in [-0.25, -0.2) is 8.42 Å². The number of carbonyl (C=O) groups is 2. The van der Waals surface area contributed by atoms with E-state index in [4.69, 9.17) is 9.84 Å². The number of hydrogen-bond acceptors (Lipinski definition) is 5. The molecule has 0 spiro atoms. The molecular formula is C17H22N2O6S. The van der Waals surface area contributed by atoms with Gasteiger partial charge in [0, 0.05) is 31.2 Å². The van der Waals surface area contributed by atoms with Crippen molar-refractivity contribution >= 4 is 21.9 Å². The van der Waals surface area contributed by atoms with Crippen LogP contribution in [0.5, 0.6) is 0 Å². The van der Waals surface area contributed by atoms with Crippen LogP contribution in [0.15, 0.2) is 29.2 Å². The molecule has 0 saturated carbocycles. The highest BCUT2D eigenvalue weighted by atomic mass is 32.2. The summed E-state index contributed by atoms with van der Waals surface area (Å²) in [5.41, 5.74) is 0.364. The lowest BCUT2D eigenvalue weighted by atomic mass is 10.1. The van der Waals surface area contributed by atoms with Gasteiger partial charge in [-0.1, -0.05) is 0 Å². The first kappa shape index (κ1) is 18.8. The maximum atomic E-state index is 12.7. The molecule has 2 fully saturated rings. The van der Waals surface area contributed by atoms with Crippen molar-refractivity contribution in [3.05, 3.63) is 29.8 Å². The van der Waals surface area contributed by atoms with E-state index in [2.05, 4.69) is 0 Å². The van der Waals surface area contributed by atoms with Crippen molar-refractivity contribution in [3.63, 3.8) is 0 Å². The van der Waals surface area contributed by atoms with Gasteiger partial charge in [0.1, 0.15) is 0 Å². The number of amides is 1. The molecule has 142 valence electrons. The van der Waals surface area contributed by atoms with Crippen LogP contribution < -0.4 is 0 Å². The third-order valence-corrected chi connectivity index (χ3v) is 6.67. The molecule has 0 aromatic heterocycles. The molecule has 26 heavy (non-hydrogen) atoms. The molecule has 8 nitrogen and oxygen atoms in total. The summed E-state index contributed by atoms with van der Waals surface area (Å²) in [6, 6.07) is 5.54. The van der Waals surface area contributed by atoms with Crippen molar-refractivity contribution in [3.8, 4) is 0 Å². The number of likely N-dealkylation sites (tertiary alicyclic amines) is 1. The van der Waals surface area contributed by atoms with Gasteiger partial charge in [-0.15, -0.1) is 0 Å². The number of rotatable bonds is 5. The predicted octanol–water partition coefficient (Wildman–Crippen LogP) is 0.787. The lowest BCUT2D eigenvalue weighted by Gasteiger charge is -2.26. The van der Waals surface area contributed by atoms with Crippen molar-refractivity contribution in [2.24, 2.45) is 0 Å². The Balaban J connectivity index is 1.74. The highest BCUT2D eigenvalue weighted by Gasteiger charge is 2.31. The van der Waals surface area contributed by atoms with Crippen LogP contribution in [0.1, 0.15) is 29.6 Å². The van der Waals surface area contributed by atoms with Crippen LogP contribution in [0.4, 0.5) is 0 Å². The highest BCUT2D eigenvalue weighted by molar-refractivity contribution is 7.89. The van der Waals surface area contributed by atoms with Crippen molar-refractivity contribution in [2.45, 2.75) is 30.2 Å². The van der Waals surface area contributed by atoms with E-state index in [0.29, 0.717) is 44.8 Å². The third-order valence-electron chi connectivity index (χ3n) is 4.76. The van der Waals surface area contributed by atoms with Crippen molar-refractivity contribution in [2.75, 3.05) is 32.8 Å². The number of sulfonamides is 1. The Hall–Kier alpha value is -1.97. The summed E-state index contributed by atoms with van der Waals surface area (Å²) in [4.78, 5) is 25.3. The monoisotopic (exact) mass is 382 g/mol. The second-order valence-electron chi connectivity index (χ2n) is 6.43. The lowest BCUT2D eigenvalue weighted by Crippen LogP contribution is -2.40. The number of carboxylic acids is 1. The largest absolute Gasteiger partial charge is 0.481 e. The van der Waals surface area contributed by atoms with E-state index in [1.165, 1.54) is 28.6 Å². The molecule has 2 heterocycles. The Kier molecular flexibility index (Phi) is 5.59. The minimum Gasteiger partial charge on any atom is -0.481 e. The highest BCUT2D eigenvalue weighted by Crippen LogP contribution is 2.24. The van der Waals surface area contributed by atoms with Crippen LogP contribution in [0.25, 0.3) is 0 Å². The average Bonchev–Trinajstić information content (AvgIpc) is 3.09. The van der Waals surface area contributed by atoms with Gasteiger partial charge in [0.2, 0.25) is 10.0 Å². The standard InChI is InChI=1S/C17H22N2O6S/c20-16(21)12-14-2-1-7-19(14)17(22)13-3-5-15(6-4-13)26(23,24)18-8-10-25-11-9-18/h3-6,14H,1-2,7-12H2,(H,20,21). The molecule has 2 aliphatic rings. The SMILES string of the molecule is O=C(O)CC1CCCN1C(=O)c1ccc(S(=O)(=O)N2CCOCC2)cc1. The summed E-state index contributed by atoms with van der Waals surface area (Å²) in [6.45, 7) is 1.89. The topological polar surface area (TPSA) is 104 Å². The van der Waals surface area contributed by atoms with E-state index in [9.17, 15) is 18.0 Å². The Morgan fingerprint density at radius 3 is 2.38 bits per heavy atom.